The van der Waals surface area contributed by atoms with E-state index in [0.29, 0.717) is 6.41 Å². The molecule has 76 valence electrons. The highest BCUT2D eigenvalue weighted by atomic mass is 16.4. The minimum absolute atomic E-state index is 0.233. The number of carbonyl (C=O) groups excluding carboxylic acids is 1. The normalized spacial score (nSPS) is 12.1. The van der Waals surface area contributed by atoms with E-state index in [4.69, 9.17) is 5.11 Å². The van der Waals surface area contributed by atoms with E-state index < -0.39 is 12.0 Å². The van der Waals surface area contributed by atoms with Gasteiger partial charge in [0, 0.05) is 12.1 Å². The van der Waals surface area contributed by atoms with Gasteiger partial charge in [0.25, 0.3) is 0 Å². The number of hydrogen-bond acceptors (Lipinski definition) is 3. The van der Waals surface area contributed by atoms with Gasteiger partial charge in [-0.15, -0.1) is 0 Å². The van der Waals surface area contributed by atoms with Gasteiger partial charge in [-0.25, -0.2) is 4.79 Å². The zero-order valence-corrected chi connectivity index (χ0v) is 7.65. The van der Waals surface area contributed by atoms with Crippen LogP contribution in [0, 0.1) is 6.92 Å². The molecule has 3 N–H and O–H groups in total. The first-order chi connectivity index (χ1) is 6.65. The standard InChI is InChI=1S/C8H11N3O3/c1-5-6(3-10-11-5)2-7(8(13)14)9-4-12/h3-4,7H,2H2,1H3,(H,9,12)(H,10,11)(H,13,14). The Bertz CT molecular complexity index is 334. The average Bonchev–Trinajstić information content (AvgIpc) is 2.51. The number of hydrogen-bond donors (Lipinski definition) is 3. The molecule has 0 saturated heterocycles. The lowest BCUT2D eigenvalue weighted by Crippen LogP contribution is -2.37. The molecule has 14 heavy (non-hydrogen) atoms. The number of nitrogens with one attached hydrogen (secondary N) is 2. The maximum absolute atomic E-state index is 10.7. The number of rotatable bonds is 5. The molecular formula is C8H11N3O3. The van der Waals surface area contributed by atoms with Crippen LogP contribution in [-0.2, 0) is 16.0 Å². The topological polar surface area (TPSA) is 95.1 Å². The van der Waals surface area contributed by atoms with E-state index in [1.807, 2.05) is 0 Å². The molecular weight excluding hydrogens is 186 g/mol. The van der Waals surface area contributed by atoms with Crippen molar-refractivity contribution in [1.29, 1.82) is 0 Å². The van der Waals surface area contributed by atoms with Crippen LogP contribution in [0.1, 0.15) is 11.3 Å². The van der Waals surface area contributed by atoms with Crippen molar-refractivity contribution in [2.24, 2.45) is 0 Å². The molecule has 0 saturated carbocycles. The number of carboxylic acids is 1. The number of nitrogens with zero attached hydrogens (tertiary/aromatic N) is 1. The minimum Gasteiger partial charge on any atom is -0.480 e. The summed E-state index contributed by atoms with van der Waals surface area (Å²) >= 11 is 0. The van der Waals surface area contributed by atoms with E-state index in [1.165, 1.54) is 0 Å². The van der Waals surface area contributed by atoms with Gasteiger partial charge in [0.1, 0.15) is 6.04 Å². The number of aliphatic carboxylic acids is 1. The molecule has 0 aliphatic carbocycles. The Labute approximate surface area is 80.3 Å². The maximum atomic E-state index is 10.7. The molecule has 0 bridgehead atoms. The van der Waals surface area contributed by atoms with Crippen LogP contribution in [0.15, 0.2) is 6.20 Å². The first-order valence-electron chi connectivity index (χ1n) is 4.06. The summed E-state index contributed by atoms with van der Waals surface area (Å²) < 4.78 is 0. The summed E-state index contributed by atoms with van der Waals surface area (Å²) in [7, 11) is 0. The van der Waals surface area contributed by atoms with Crippen LogP contribution >= 0.6 is 0 Å². The second-order valence-electron chi connectivity index (χ2n) is 2.90. The van der Waals surface area contributed by atoms with Crippen molar-refractivity contribution in [3.05, 3.63) is 17.5 Å². The Balaban J connectivity index is 2.69. The summed E-state index contributed by atoms with van der Waals surface area (Å²) in [6, 6.07) is -0.899. The highest BCUT2D eigenvalue weighted by molar-refractivity contribution is 5.76. The number of aromatic amines is 1. The van der Waals surface area contributed by atoms with Gasteiger partial charge in [-0.05, 0) is 12.5 Å². The van der Waals surface area contributed by atoms with Crippen LogP contribution in [0.5, 0.6) is 0 Å². The number of carbonyl (C=O) groups is 2. The zero-order valence-electron chi connectivity index (χ0n) is 7.65. The summed E-state index contributed by atoms with van der Waals surface area (Å²) in [5.41, 5.74) is 1.59. The third-order valence-electron chi connectivity index (χ3n) is 1.93. The Morgan fingerprint density at radius 2 is 2.57 bits per heavy atom. The molecule has 1 aromatic rings. The van der Waals surface area contributed by atoms with Gasteiger partial charge >= 0.3 is 5.97 Å². The Morgan fingerprint density at radius 1 is 1.86 bits per heavy atom. The number of aryl methyl sites for hydroxylation is 1. The highest BCUT2D eigenvalue weighted by Crippen LogP contribution is 2.06. The summed E-state index contributed by atoms with van der Waals surface area (Å²) in [5.74, 6) is -1.06. The molecule has 0 aromatic carbocycles. The van der Waals surface area contributed by atoms with Crippen LogP contribution in [0.2, 0.25) is 0 Å². The monoisotopic (exact) mass is 197 g/mol. The van der Waals surface area contributed by atoms with Gasteiger partial charge in [-0.1, -0.05) is 0 Å². The van der Waals surface area contributed by atoms with Crippen molar-refractivity contribution in [2.45, 2.75) is 19.4 Å². The van der Waals surface area contributed by atoms with Gasteiger partial charge in [-0.2, -0.15) is 5.10 Å². The molecule has 0 spiro atoms. The molecule has 0 aliphatic heterocycles. The third kappa shape index (κ3) is 2.32. The minimum atomic E-state index is -1.06. The molecule has 1 amide bonds. The number of amides is 1. The third-order valence-corrected chi connectivity index (χ3v) is 1.93. The average molecular weight is 197 g/mol. The predicted octanol–water partition coefficient (Wildman–Crippen LogP) is -0.540. The fraction of sp³-hybridized carbons (Fsp3) is 0.375. The summed E-state index contributed by atoms with van der Waals surface area (Å²) in [4.78, 5) is 20.8. The zero-order chi connectivity index (χ0) is 10.6. The molecule has 0 radical (unpaired) electrons. The maximum Gasteiger partial charge on any atom is 0.326 e. The van der Waals surface area contributed by atoms with E-state index >= 15 is 0 Å². The summed E-state index contributed by atoms with van der Waals surface area (Å²) in [5, 5.41) is 17.4. The lowest BCUT2D eigenvalue weighted by Gasteiger charge is -2.09. The van der Waals surface area contributed by atoms with Crippen LogP contribution in [0.25, 0.3) is 0 Å². The highest BCUT2D eigenvalue weighted by Gasteiger charge is 2.18. The summed E-state index contributed by atoms with van der Waals surface area (Å²) in [6.07, 6.45) is 2.17. The summed E-state index contributed by atoms with van der Waals surface area (Å²) in [6.45, 7) is 1.79. The fourth-order valence-corrected chi connectivity index (χ4v) is 1.10. The molecule has 0 fully saturated rings. The van der Waals surface area contributed by atoms with Gasteiger partial charge in [0.15, 0.2) is 0 Å². The molecule has 1 heterocycles. The van der Waals surface area contributed by atoms with E-state index in [9.17, 15) is 9.59 Å². The molecule has 0 aliphatic rings. The van der Waals surface area contributed by atoms with E-state index in [0.717, 1.165) is 11.3 Å². The van der Waals surface area contributed by atoms with Gasteiger partial charge in [0.2, 0.25) is 6.41 Å². The van der Waals surface area contributed by atoms with Crippen molar-refractivity contribution in [3.8, 4) is 0 Å². The Morgan fingerprint density at radius 3 is 3.00 bits per heavy atom. The molecule has 1 aromatic heterocycles. The van der Waals surface area contributed by atoms with E-state index in [1.54, 1.807) is 13.1 Å². The van der Waals surface area contributed by atoms with Gasteiger partial charge in [-0.3, -0.25) is 9.89 Å². The molecule has 1 rings (SSSR count). The van der Waals surface area contributed by atoms with Crippen molar-refractivity contribution in [1.82, 2.24) is 15.5 Å². The lowest BCUT2D eigenvalue weighted by molar-refractivity contribution is -0.140. The van der Waals surface area contributed by atoms with Crippen LogP contribution < -0.4 is 5.32 Å². The van der Waals surface area contributed by atoms with Gasteiger partial charge < -0.3 is 10.4 Å². The quantitative estimate of drug-likeness (QED) is 0.552. The first-order valence-corrected chi connectivity index (χ1v) is 4.06. The van der Waals surface area contributed by atoms with Crippen molar-refractivity contribution >= 4 is 12.4 Å². The molecule has 1 unspecified atom stereocenters. The molecule has 1 atom stereocenters. The van der Waals surface area contributed by atoms with Crippen molar-refractivity contribution in [3.63, 3.8) is 0 Å². The number of H-pyrrole nitrogens is 1. The number of carboxylic acid groups (broad SMARTS) is 1. The van der Waals surface area contributed by atoms with Crippen molar-refractivity contribution < 1.29 is 14.7 Å². The second kappa shape index (κ2) is 4.40. The largest absolute Gasteiger partial charge is 0.480 e. The van der Waals surface area contributed by atoms with Crippen molar-refractivity contribution in [2.75, 3.05) is 0 Å². The molecule has 6 heteroatoms. The van der Waals surface area contributed by atoms with Crippen LogP contribution in [0.3, 0.4) is 0 Å². The predicted molar refractivity (Wildman–Crippen MR) is 47.7 cm³/mol. The van der Waals surface area contributed by atoms with E-state index in [-0.39, 0.29) is 6.42 Å². The Kier molecular flexibility index (Phi) is 3.22. The Hall–Kier alpha value is -1.85. The second-order valence-corrected chi connectivity index (χ2v) is 2.90. The SMILES string of the molecule is Cc1[nH]ncc1CC(NC=O)C(=O)O. The number of aromatic nitrogens is 2. The first kappa shape index (κ1) is 10.2. The smallest absolute Gasteiger partial charge is 0.326 e. The van der Waals surface area contributed by atoms with Crippen LogP contribution in [-0.4, -0.2) is 33.7 Å². The van der Waals surface area contributed by atoms with E-state index in [2.05, 4.69) is 15.5 Å². The van der Waals surface area contributed by atoms with Gasteiger partial charge in [0.05, 0.1) is 6.20 Å². The fourth-order valence-electron chi connectivity index (χ4n) is 1.10. The van der Waals surface area contributed by atoms with Crippen LogP contribution in [0.4, 0.5) is 0 Å². The molecule has 6 nitrogen and oxygen atoms in total. The lowest BCUT2D eigenvalue weighted by atomic mass is 10.1.